The van der Waals surface area contributed by atoms with Gasteiger partial charge in [-0.1, -0.05) is 133 Å². The lowest BCUT2D eigenvalue weighted by molar-refractivity contribution is -0.705. The molecule has 0 spiro atoms. The minimum absolute atomic E-state index is 0.0159. The Bertz CT molecular complexity index is 930. The van der Waals surface area contributed by atoms with E-state index in [2.05, 4.69) is 103 Å². The van der Waals surface area contributed by atoms with Crippen molar-refractivity contribution in [1.82, 2.24) is 4.98 Å². The van der Waals surface area contributed by atoms with Crippen molar-refractivity contribution < 1.29 is 4.57 Å². The molecule has 0 saturated carbocycles. The van der Waals surface area contributed by atoms with Crippen molar-refractivity contribution in [2.45, 2.75) is 116 Å². The second-order valence-corrected chi connectivity index (χ2v) is 10.7. The van der Waals surface area contributed by atoms with Crippen LogP contribution in [-0.4, -0.2) is 4.98 Å². The number of H-pyrrole nitrogens is 1. The molecule has 0 aliphatic carbocycles. The van der Waals surface area contributed by atoms with Gasteiger partial charge in [-0.05, 0) is 36.8 Å². The van der Waals surface area contributed by atoms with Gasteiger partial charge in [-0.25, -0.2) is 9.55 Å². The van der Waals surface area contributed by atoms with Crippen molar-refractivity contribution >= 4 is 0 Å². The number of imidazole rings is 1. The van der Waals surface area contributed by atoms with E-state index in [1.54, 1.807) is 0 Å². The van der Waals surface area contributed by atoms with E-state index >= 15 is 0 Å². The van der Waals surface area contributed by atoms with E-state index in [9.17, 15) is 0 Å². The number of rotatable bonds is 17. The van der Waals surface area contributed by atoms with E-state index in [0.717, 1.165) is 13.0 Å². The Morgan fingerprint density at radius 3 is 2.03 bits per heavy atom. The lowest BCUT2D eigenvalue weighted by Gasteiger charge is -2.37. The minimum atomic E-state index is 0.0159. The van der Waals surface area contributed by atoms with Gasteiger partial charge >= 0.3 is 0 Å². The number of hydrogen-bond donors (Lipinski definition) is 1. The Morgan fingerprint density at radius 2 is 1.34 bits per heavy atom. The van der Waals surface area contributed by atoms with Crippen LogP contribution in [0.1, 0.15) is 114 Å². The van der Waals surface area contributed by atoms with Crippen molar-refractivity contribution in [3.8, 4) is 0 Å². The fraction of sp³-hybridized carbons (Fsp3) is 0.545. The molecule has 3 rings (SSSR count). The van der Waals surface area contributed by atoms with Gasteiger partial charge in [-0.15, -0.1) is 0 Å². The lowest BCUT2D eigenvalue weighted by Crippen LogP contribution is -2.43. The van der Waals surface area contributed by atoms with Crippen LogP contribution in [0.5, 0.6) is 0 Å². The van der Waals surface area contributed by atoms with Gasteiger partial charge in [0.1, 0.15) is 12.4 Å². The molecule has 190 valence electrons. The molecule has 0 saturated heterocycles. The molecule has 0 radical (unpaired) electrons. The van der Waals surface area contributed by atoms with Gasteiger partial charge in [0.05, 0.1) is 12.5 Å². The summed E-state index contributed by atoms with van der Waals surface area (Å²) in [5.74, 6) is 1.86. The average molecular weight is 474 g/mol. The van der Waals surface area contributed by atoms with Crippen molar-refractivity contribution in [2.75, 3.05) is 0 Å². The van der Waals surface area contributed by atoms with Gasteiger partial charge in [0, 0.05) is 5.41 Å². The third-order valence-corrected chi connectivity index (χ3v) is 7.84. The van der Waals surface area contributed by atoms with Gasteiger partial charge in [0.15, 0.2) is 0 Å². The Morgan fingerprint density at radius 1 is 0.743 bits per heavy atom. The molecule has 2 unspecified atom stereocenters. The SMILES string of the molecule is CCCCCCCCC(c1[nH]cc[n+]1CCCCCC)C(C)(Cc1ccccc1)c1ccccc1. The van der Waals surface area contributed by atoms with Crippen LogP contribution in [-0.2, 0) is 18.4 Å². The van der Waals surface area contributed by atoms with Crippen molar-refractivity contribution in [3.63, 3.8) is 0 Å². The highest BCUT2D eigenvalue weighted by Gasteiger charge is 2.41. The highest BCUT2D eigenvalue weighted by molar-refractivity contribution is 5.32. The summed E-state index contributed by atoms with van der Waals surface area (Å²) in [6, 6.07) is 22.4. The molecule has 2 heteroatoms. The average Bonchev–Trinajstić information content (AvgIpc) is 3.35. The van der Waals surface area contributed by atoms with Crippen LogP contribution in [0.4, 0.5) is 0 Å². The maximum absolute atomic E-state index is 3.73. The van der Waals surface area contributed by atoms with E-state index in [1.807, 2.05) is 0 Å². The predicted molar refractivity (Wildman–Crippen MR) is 150 cm³/mol. The Balaban J connectivity index is 1.92. The maximum atomic E-state index is 3.73. The highest BCUT2D eigenvalue weighted by Crippen LogP contribution is 2.43. The van der Waals surface area contributed by atoms with Crippen LogP contribution in [0.2, 0.25) is 0 Å². The monoisotopic (exact) mass is 473 g/mol. The zero-order chi connectivity index (χ0) is 24.8. The molecule has 35 heavy (non-hydrogen) atoms. The number of unbranched alkanes of at least 4 members (excludes halogenated alkanes) is 8. The van der Waals surface area contributed by atoms with Gasteiger partial charge in [-0.3, -0.25) is 0 Å². The van der Waals surface area contributed by atoms with Crippen LogP contribution in [0.3, 0.4) is 0 Å². The third-order valence-electron chi connectivity index (χ3n) is 7.84. The molecule has 3 aromatic rings. The number of nitrogens with zero attached hydrogens (tertiary/aromatic N) is 1. The van der Waals surface area contributed by atoms with Crippen LogP contribution in [0.15, 0.2) is 73.1 Å². The lowest BCUT2D eigenvalue weighted by atomic mass is 9.66. The fourth-order valence-corrected chi connectivity index (χ4v) is 5.73. The van der Waals surface area contributed by atoms with Crippen LogP contribution in [0, 0.1) is 0 Å². The standard InChI is InChI=1S/C33H48N2/c1-4-6-8-10-11-18-24-31(32-34-25-27-35(32)26-19-9-7-5-2)33(3,30-22-16-13-17-23-30)28-29-20-14-12-15-21-29/h12-17,20-23,25,27,31H,4-11,18-19,24,26,28H2,1-3H3/p+1. The van der Waals surface area contributed by atoms with E-state index in [0.29, 0.717) is 5.92 Å². The first-order valence-corrected chi connectivity index (χ1v) is 14.3. The molecule has 0 aliphatic heterocycles. The second kappa shape index (κ2) is 14.9. The van der Waals surface area contributed by atoms with Crippen molar-refractivity contribution in [1.29, 1.82) is 0 Å². The normalized spacial score (nSPS) is 14.0. The Kier molecular flexibility index (Phi) is 11.6. The quantitative estimate of drug-likeness (QED) is 0.149. The van der Waals surface area contributed by atoms with E-state index in [4.69, 9.17) is 0 Å². The van der Waals surface area contributed by atoms with Crippen molar-refractivity contribution in [2.24, 2.45) is 0 Å². The number of aromatic nitrogens is 2. The molecule has 0 fully saturated rings. The Hall–Kier alpha value is -2.35. The number of hydrogen-bond acceptors (Lipinski definition) is 0. The second-order valence-electron chi connectivity index (χ2n) is 10.7. The van der Waals surface area contributed by atoms with Crippen LogP contribution < -0.4 is 4.57 Å². The van der Waals surface area contributed by atoms with Crippen LogP contribution in [0.25, 0.3) is 0 Å². The number of benzene rings is 2. The molecule has 0 aliphatic rings. The molecule has 2 aromatic carbocycles. The first-order valence-electron chi connectivity index (χ1n) is 14.3. The summed E-state index contributed by atoms with van der Waals surface area (Å²) in [5, 5.41) is 0. The molecule has 0 bridgehead atoms. The molecule has 1 aromatic heterocycles. The van der Waals surface area contributed by atoms with Gasteiger partial charge in [-0.2, -0.15) is 0 Å². The number of aromatic amines is 1. The number of aryl methyl sites for hydroxylation is 1. The molecule has 1 N–H and O–H groups in total. The molecule has 1 heterocycles. The topological polar surface area (TPSA) is 19.7 Å². The van der Waals surface area contributed by atoms with Gasteiger partial charge < -0.3 is 0 Å². The van der Waals surface area contributed by atoms with E-state index < -0.39 is 0 Å². The smallest absolute Gasteiger partial charge is 0.247 e. The largest absolute Gasteiger partial charge is 0.258 e. The summed E-state index contributed by atoms with van der Waals surface area (Å²) < 4.78 is 2.53. The summed E-state index contributed by atoms with van der Waals surface area (Å²) >= 11 is 0. The molecular weight excluding hydrogens is 424 g/mol. The maximum Gasteiger partial charge on any atom is 0.258 e. The Labute approximate surface area is 215 Å². The minimum Gasteiger partial charge on any atom is -0.247 e. The highest BCUT2D eigenvalue weighted by atomic mass is 15.1. The molecule has 0 amide bonds. The van der Waals surface area contributed by atoms with E-state index in [-0.39, 0.29) is 5.41 Å². The predicted octanol–water partition coefficient (Wildman–Crippen LogP) is 8.92. The zero-order valence-electron chi connectivity index (χ0n) is 22.6. The summed E-state index contributed by atoms with van der Waals surface area (Å²) in [7, 11) is 0. The molecule has 2 atom stereocenters. The zero-order valence-corrected chi connectivity index (χ0v) is 22.6. The third kappa shape index (κ3) is 8.09. The fourth-order valence-electron chi connectivity index (χ4n) is 5.73. The van der Waals surface area contributed by atoms with Crippen molar-refractivity contribution in [3.05, 3.63) is 90.0 Å². The van der Waals surface area contributed by atoms with E-state index in [1.165, 1.54) is 87.6 Å². The number of nitrogens with one attached hydrogen (secondary N) is 1. The van der Waals surface area contributed by atoms with Crippen LogP contribution >= 0.6 is 0 Å². The van der Waals surface area contributed by atoms with Gasteiger partial charge in [0.25, 0.3) is 5.82 Å². The summed E-state index contributed by atoms with van der Waals surface area (Å²) in [4.78, 5) is 3.73. The summed E-state index contributed by atoms with van der Waals surface area (Å²) in [6.07, 6.45) is 20.0. The first kappa shape index (κ1) is 27.2. The first-order chi connectivity index (χ1) is 17.2. The van der Waals surface area contributed by atoms with Gasteiger partial charge in [0.2, 0.25) is 0 Å². The summed E-state index contributed by atoms with van der Waals surface area (Å²) in [5.41, 5.74) is 2.89. The molecule has 2 nitrogen and oxygen atoms in total. The summed E-state index contributed by atoms with van der Waals surface area (Å²) in [6.45, 7) is 8.22. The molecular formula is C33H49N2+.